The number of nitrogens with one attached hydrogen (secondary N) is 1. The topological polar surface area (TPSA) is 59.4 Å². The van der Waals surface area contributed by atoms with Gasteiger partial charge in [-0.25, -0.2) is 0 Å². The zero-order valence-corrected chi connectivity index (χ0v) is 14.3. The predicted molar refractivity (Wildman–Crippen MR) is 95.6 cm³/mol. The van der Waals surface area contributed by atoms with Crippen molar-refractivity contribution in [2.75, 3.05) is 0 Å². The van der Waals surface area contributed by atoms with Crippen molar-refractivity contribution in [3.8, 4) is 11.1 Å². The standard InChI is InChI=1S/C19H25N5/c1-2-16(10-14-6-4-3-5-7-14)24-13-15(11-22-24)18-12-21-23-19-17(18)8-9-20-19/h8-9,11-14,16H,2-7,10H2,1H3,(H,20,23). The summed E-state index contributed by atoms with van der Waals surface area (Å²) in [4.78, 5) is 3.12. The van der Waals surface area contributed by atoms with E-state index in [2.05, 4.69) is 44.1 Å². The van der Waals surface area contributed by atoms with E-state index >= 15 is 0 Å². The van der Waals surface area contributed by atoms with Crippen LogP contribution >= 0.6 is 0 Å². The average Bonchev–Trinajstić information content (AvgIpc) is 3.29. The third-order valence-corrected chi connectivity index (χ3v) is 5.45. The summed E-state index contributed by atoms with van der Waals surface area (Å²) in [6.45, 7) is 2.27. The van der Waals surface area contributed by atoms with Crippen LogP contribution in [0, 0.1) is 5.92 Å². The lowest BCUT2D eigenvalue weighted by Gasteiger charge is -2.26. The normalized spacial score (nSPS) is 17.4. The maximum atomic E-state index is 4.68. The molecule has 1 aliphatic rings. The zero-order chi connectivity index (χ0) is 16.4. The van der Waals surface area contributed by atoms with Gasteiger partial charge in [0.2, 0.25) is 0 Å². The number of hydrogen-bond donors (Lipinski definition) is 1. The Morgan fingerprint density at radius 2 is 2.12 bits per heavy atom. The molecule has 0 spiro atoms. The summed E-state index contributed by atoms with van der Waals surface area (Å²) in [5, 5.41) is 14.0. The first-order chi connectivity index (χ1) is 11.8. The van der Waals surface area contributed by atoms with Crippen LogP contribution in [0.25, 0.3) is 22.2 Å². The molecule has 0 amide bonds. The quantitative estimate of drug-likeness (QED) is 0.737. The van der Waals surface area contributed by atoms with Crippen LogP contribution in [-0.2, 0) is 0 Å². The molecule has 3 heterocycles. The smallest absolute Gasteiger partial charge is 0.160 e. The Kier molecular flexibility index (Phi) is 4.32. The van der Waals surface area contributed by atoms with Crippen molar-refractivity contribution in [2.45, 2.75) is 57.9 Å². The van der Waals surface area contributed by atoms with Gasteiger partial charge in [-0.2, -0.15) is 10.2 Å². The Balaban J connectivity index is 1.57. The zero-order valence-electron chi connectivity index (χ0n) is 14.3. The van der Waals surface area contributed by atoms with E-state index < -0.39 is 0 Å². The van der Waals surface area contributed by atoms with E-state index in [-0.39, 0.29) is 0 Å². The summed E-state index contributed by atoms with van der Waals surface area (Å²) in [7, 11) is 0. The lowest BCUT2D eigenvalue weighted by Crippen LogP contribution is -2.16. The molecule has 1 aliphatic carbocycles. The van der Waals surface area contributed by atoms with Crippen molar-refractivity contribution in [3.63, 3.8) is 0 Å². The van der Waals surface area contributed by atoms with Gasteiger partial charge in [0.1, 0.15) is 0 Å². The van der Waals surface area contributed by atoms with Crippen LogP contribution in [0.3, 0.4) is 0 Å². The summed E-state index contributed by atoms with van der Waals surface area (Å²) in [5.41, 5.74) is 3.05. The van der Waals surface area contributed by atoms with Crippen LogP contribution < -0.4 is 0 Å². The molecule has 0 aliphatic heterocycles. The van der Waals surface area contributed by atoms with E-state index in [4.69, 9.17) is 0 Å². The third-order valence-electron chi connectivity index (χ3n) is 5.45. The van der Waals surface area contributed by atoms with Gasteiger partial charge in [0.15, 0.2) is 5.65 Å². The molecule has 1 unspecified atom stereocenters. The Morgan fingerprint density at radius 3 is 2.96 bits per heavy atom. The van der Waals surface area contributed by atoms with Gasteiger partial charge >= 0.3 is 0 Å². The van der Waals surface area contributed by atoms with Crippen molar-refractivity contribution >= 4 is 11.0 Å². The Bertz CT molecular complexity index is 797. The molecule has 1 N–H and O–H groups in total. The molecule has 5 nitrogen and oxygen atoms in total. The van der Waals surface area contributed by atoms with Gasteiger partial charge in [-0.3, -0.25) is 4.68 Å². The number of fused-ring (bicyclic) bond motifs is 1. The Hall–Kier alpha value is -2.17. The van der Waals surface area contributed by atoms with Gasteiger partial charge < -0.3 is 4.98 Å². The largest absolute Gasteiger partial charge is 0.345 e. The summed E-state index contributed by atoms with van der Waals surface area (Å²) in [5.74, 6) is 0.871. The third kappa shape index (κ3) is 2.95. The molecule has 0 radical (unpaired) electrons. The molecule has 3 aromatic heterocycles. The lowest BCUT2D eigenvalue weighted by atomic mass is 9.84. The van der Waals surface area contributed by atoms with Gasteiger partial charge in [-0.15, -0.1) is 5.10 Å². The van der Waals surface area contributed by atoms with Crippen molar-refractivity contribution in [2.24, 2.45) is 5.92 Å². The second kappa shape index (κ2) is 6.75. The molecule has 0 bridgehead atoms. The summed E-state index contributed by atoms with van der Waals surface area (Å²) in [6, 6.07) is 2.55. The SMILES string of the molecule is CCC(CC1CCCCC1)n1cc(-c2cnnc3[nH]ccc23)cn1. The summed E-state index contributed by atoms with van der Waals surface area (Å²) < 4.78 is 2.17. The number of aromatic nitrogens is 5. The first kappa shape index (κ1) is 15.4. The molecule has 5 heteroatoms. The average molecular weight is 323 g/mol. The number of rotatable bonds is 5. The second-order valence-corrected chi connectivity index (χ2v) is 7.01. The molecule has 0 saturated heterocycles. The minimum absolute atomic E-state index is 0.498. The van der Waals surface area contributed by atoms with Crippen LogP contribution in [0.5, 0.6) is 0 Å². The van der Waals surface area contributed by atoms with Gasteiger partial charge in [0.05, 0.1) is 18.4 Å². The molecule has 24 heavy (non-hydrogen) atoms. The highest BCUT2D eigenvalue weighted by molar-refractivity contribution is 5.91. The van der Waals surface area contributed by atoms with Crippen molar-refractivity contribution < 1.29 is 0 Å². The highest BCUT2D eigenvalue weighted by Crippen LogP contribution is 2.33. The summed E-state index contributed by atoms with van der Waals surface area (Å²) in [6.07, 6.45) is 17.3. The minimum atomic E-state index is 0.498. The number of nitrogens with zero attached hydrogens (tertiary/aromatic N) is 4. The number of H-pyrrole nitrogens is 1. The van der Waals surface area contributed by atoms with Crippen LogP contribution in [-0.4, -0.2) is 25.0 Å². The van der Waals surface area contributed by atoms with Crippen LogP contribution in [0.4, 0.5) is 0 Å². The van der Waals surface area contributed by atoms with E-state index in [1.54, 1.807) is 0 Å². The minimum Gasteiger partial charge on any atom is -0.345 e. The van der Waals surface area contributed by atoms with Gasteiger partial charge in [-0.05, 0) is 24.8 Å². The van der Waals surface area contributed by atoms with E-state index in [0.29, 0.717) is 6.04 Å². The molecule has 0 aromatic carbocycles. The predicted octanol–water partition coefficient (Wildman–Crippen LogP) is 4.74. The maximum absolute atomic E-state index is 4.68. The van der Waals surface area contributed by atoms with Crippen molar-refractivity contribution in [3.05, 3.63) is 30.9 Å². The van der Waals surface area contributed by atoms with E-state index in [1.165, 1.54) is 38.5 Å². The first-order valence-corrected chi connectivity index (χ1v) is 9.18. The highest BCUT2D eigenvalue weighted by atomic mass is 15.3. The first-order valence-electron chi connectivity index (χ1n) is 9.18. The number of aromatic amines is 1. The van der Waals surface area contributed by atoms with Crippen LogP contribution in [0.2, 0.25) is 0 Å². The summed E-state index contributed by atoms with van der Waals surface area (Å²) >= 11 is 0. The van der Waals surface area contributed by atoms with Crippen LogP contribution in [0.1, 0.15) is 57.9 Å². The molecule has 4 rings (SSSR count). The second-order valence-electron chi connectivity index (χ2n) is 7.01. The molecular weight excluding hydrogens is 298 g/mol. The maximum Gasteiger partial charge on any atom is 0.160 e. The Morgan fingerprint density at radius 1 is 1.25 bits per heavy atom. The van der Waals surface area contributed by atoms with Gasteiger partial charge in [-0.1, -0.05) is 39.0 Å². The highest BCUT2D eigenvalue weighted by Gasteiger charge is 2.20. The van der Waals surface area contributed by atoms with E-state index in [9.17, 15) is 0 Å². The molecule has 1 fully saturated rings. The molecule has 1 atom stereocenters. The lowest BCUT2D eigenvalue weighted by molar-refractivity contribution is 0.272. The monoisotopic (exact) mass is 323 g/mol. The van der Waals surface area contributed by atoms with E-state index in [1.807, 2.05) is 18.6 Å². The van der Waals surface area contributed by atoms with E-state index in [0.717, 1.165) is 34.5 Å². The molecule has 126 valence electrons. The fourth-order valence-corrected chi connectivity index (χ4v) is 4.05. The van der Waals surface area contributed by atoms with Crippen molar-refractivity contribution in [1.82, 2.24) is 25.0 Å². The van der Waals surface area contributed by atoms with Gasteiger partial charge in [0.25, 0.3) is 0 Å². The fourth-order valence-electron chi connectivity index (χ4n) is 4.05. The van der Waals surface area contributed by atoms with Crippen LogP contribution in [0.15, 0.2) is 30.9 Å². The number of hydrogen-bond acceptors (Lipinski definition) is 3. The Labute approximate surface area is 142 Å². The fraction of sp³-hybridized carbons (Fsp3) is 0.526. The van der Waals surface area contributed by atoms with Gasteiger partial charge in [0, 0.05) is 28.9 Å². The molecular formula is C19H25N5. The van der Waals surface area contributed by atoms with Crippen molar-refractivity contribution in [1.29, 1.82) is 0 Å². The molecule has 1 saturated carbocycles. The molecule has 3 aromatic rings.